The minimum Gasteiger partial charge on any atom is -1.00 e. The van der Waals surface area contributed by atoms with Gasteiger partial charge in [-0.15, -0.1) is 0 Å². The molecule has 27 heavy (non-hydrogen) atoms. The molecule has 0 N–H and O–H groups in total. The second-order valence-corrected chi connectivity index (χ2v) is 6.57. The first kappa shape index (κ1) is 18.0. The van der Waals surface area contributed by atoms with Gasteiger partial charge in [0.15, 0.2) is 0 Å². The zero-order valence-electron chi connectivity index (χ0n) is 16.4. The molecule has 0 nitrogen and oxygen atoms in total. The molecule has 0 amide bonds. The average Bonchev–Trinajstić information content (AvgIpc) is 2.73. The van der Waals surface area contributed by atoms with Gasteiger partial charge in [-0.25, -0.2) is 0 Å². The predicted octanol–water partition coefficient (Wildman–Crippen LogP) is 4.44. The summed E-state index contributed by atoms with van der Waals surface area (Å²) in [7, 11) is 0. The molecule has 0 fully saturated rings. The third kappa shape index (κ3) is 3.11. The van der Waals surface area contributed by atoms with Crippen molar-refractivity contribution in [2.45, 2.75) is 0 Å². The van der Waals surface area contributed by atoms with Crippen LogP contribution in [0.1, 0.15) is 1.43 Å². The summed E-state index contributed by atoms with van der Waals surface area (Å²) in [6.07, 6.45) is 0. The Morgan fingerprint density at radius 2 is 0.593 bits per heavy atom. The van der Waals surface area contributed by atoms with E-state index >= 15 is 0 Å². The first-order chi connectivity index (χ1) is 12.9. The van der Waals surface area contributed by atoms with Crippen molar-refractivity contribution in [3.05, 3.63) is 109 Å². The Morgan fingerprint density at radius 1 is 0.333 bits per heavy atom. The molecule has 0 aliphatic heterocycles. The van der Waals surface area contributed by atoms with Gasteiger partial charge in [0.05, 0.1) is 0 Å². The minimum atomic E-state index is 0. The van der Waals surface area contributed by atoms with Crippen LogP contribution in [0.2, 0.25) is 0 Å². The van der Waals surface area contributed by atoms with Gasteiger partial charge in [-0.2, -0.15) is 0 Å². The molecule has 0 atom stereocenters. The van der Waals surface area contributed by atoms with Gasteiger partial charge in [0, 0.05) is 0 Å². The van der Waals surface area contributed by atoms with Crippen molar-refractivity contribution in [2.75, 3.05) is 0 Å². The van der Waals surface area contributed by atoms with Crippen molar-refractivity contribution in [3.63, 3.8) is 0 Å². The molecule has 5 aromatic carbocycles. The molecule has 0 radical (unpaired) electrons. The van der Waals surface area contributed by atoms with E-state index in [2.05, 4.69) is 109 Å². The molecule has 0 spiro atoms. The Balaban J connectivity index is 0.00000112. The Labute approximate surface area is 183 Å². The minimum absolute atomic E-state index is 0. The summed E-state index contributed by atoms with van der Waals surface area (Å²) >= 11 is 0. The first-order valence-electron chi connectivity index (χ1n) is 8.98. The summed E-state index contributed by atoms with van der Waals surface area (Å²) in [6.45, 7) is 0. The van der Waals surface area contributed by atoms with Crippen LogP contribution in [0, 0.1) is 0 Å². The van der Waals surface area contributed by atoms with Crippen LogP contribution < -0.4 is 29.6 Å². The van der Waals surface area contributed by atoms with E-state index in [4.69, 9.17) is 0 Å². The fourth-order valence-corrected chi connectivity index (χ4v) is 3.96. The van der Waals surface area contributed by atoms with E-state index in [1.165, 1.54) is 43.8 Å². The van der Waals surface area contributed by atoms with Crippen LogP contribution in [0.4, 0.5) is 0 Å². The molecule has 0 unspecified atom stereocenters. The Bertz CT molecular complexity index is 1060. The molecule has 5 rings (SSSR count). The van der Waals surface area contributed by atoms with Gasteiger partial charge in [-0.3, -0.25) is 0 Å². The van der Waals surface area contributed by atoms with Crippen LogP contribution in [-0.4, -0.2) is 0 Å². The standard InChI is InChI=1S/C26H18.Na.H/c1-3-11-19(12-4-1)25-21-15-7-9-17-23(21)26(20-13-5-2-6-14-20)24-18-10-8-16-22(24)25;;/h1-18H;;/q;+1;-1. The second-order valence-electron chi connectivity index (χ2n) is 6.57. The van der Waals surface area contributed by atoms with E-state index in [0.717, 1.165) is 0 Å². The molecule has 0 bridgehead atoms. The summed E-state index contributed by atoms with van der Waals surface area (Å²) in [5.74, 6) is 0. The van der Waals surface area contributed by atoms with Crippen molar-refractivity contribution in [1.82, 2.24) is 0 Å². The van der Waals surface area contributed by atoms with E-state index in [1.807, 2.05) is 0 Å². The van der Waals surface area contributed by atoms with Crippen molar-refractivity contribution in [3.8, 4) is 22.3 Å². The smallest absolute Gasteiger partial charge is 1.00 e. The molecule has 0 saturated heterocycles. The van der Waals surface area contributed by atoms with Gasteiger partial charge in [-0.05, 0) is 43.8 Å². The SMILES string of the molecule is [H-].[Na+].c1ccc(-c2c3ccccc3c(-c3ccccc3)c3ccccc23)cc1. The Kier molecular flexibility index (Phi) is 5.13. The Morgan fingerprint density at radius 3 is 0.889 bits per heavy atom. The van der Waals surface area contributed by atoms with E-state index in [1.54, 1.807) is 0 Å². The monoisotopic (exact) mass is 354 g/mol. The molecule has 124 valence electrons. The second kappa shape index (κ2) is 7.70. The predicted molar refractivity (Wildman–Crippen MR) is 113 cm³/mol. The van der Waals surface area contributed by atoms with Gasteiger partial charge < -0.3 is 1.43 Å². The maximum Gasteiger partial charge on any atom is 1.00 e. The molecule has 5 aromatic rings. The third-order valence-electron chi connectivity index (χ3n) is 5.06. The van der Waals surface area contributed by atoms with Gasteiger partial charge >= 0.3 is 29.6 Å². The zero-order chi connectivity index (χ0) is 17.3. The van der Waals surface area contributed by atoms with Crippen molar-refractivity contribution in [2.24, 2.45) is 0 Å². The number of rotatable bonds is 2. The number of hydrogen-bond donors (Lipinski definition) is 0. The van der Waals surface area contributed by atoms with Gasteiger partial charge in [0.1, 0.15) is 0 Å². The summed E-state index contributed by atoms with van der Waals surface area (Å²) in [6, 6.07) is 39.0. The van der Waals surface area contributed by atoms with Crippen molar-refractivity contribution in [1.29, 1.82) is 0 Å². The first-order valence-corrected chi connectivity index (χ1v) is 8.98. The number of fused-ring (bicyclic) bond motifs is 2. The van der Waals surface area contributed by atoms with Crippen LogP contribution >= 0.6 is 0 Å². The van der Waals surface area contributed by atoms with Crippen LogP contribution in [-0.2, 0) is 0 Å². The summed E-state index contributed by atoms with van der Waals surface area (Å²) in [5.41, 5.74) is 5.16. The third-order valence-corrected chi connectivity index (χ3v) is 5.06. The maximum absolute atomic E-state index is 2.25. The molecule has 0 aromatic heterocycles. The Hall–Kier alpha value is -2.38. The summed E-state index contributed by atoms with van der Waals surface area (Å²) in [4.78, 5) is 0. The van der Waals surface area contributed by atoms with Crippen molar-refractivity contribution >= 4 is 21.5 Å². The molecular weight excluding hydrogens is 335 g/mol. The van der Waals surface area contributed by atoms with Crippen LogP contribution in [0.5, 0.6) is 0 Å². The quantitative estimate of drug-likeness (QED) is 0.325. The molecule has 1 heteroatoms. The van der Waals surface area contributed by atoms with Crippen LogP contribution in [0.25, 0.3) is 43.8 Å². The molecule has 0 aliphatic carbocycles. The fourth-order valence-electron chi connectivity index (χ4n) is 3.96. The van der Waals surface area contributed by atoms with E-state index in [0.29, 0.717) is 0 Å². The molecule has 0 saturated carbocycles. The number of benzene rings is 5. The summed E-state index contributed by atoms with van der Waals surface area (Å²) < 4.78 is 0. The topological polar surface area (TPSA) is 0 Å². The van der Waals surface area contributed by atoms with Gasteiger partial charge in [0.25, 0.3) is 0 Å². The van der Waals surface area contributed by atoms with E-state index in [-0.39, 0.29) is 31.0 Å². The van der Waals surface area contributed by atoms with E-state index < -0.39 is 0 Å². The summed E-state index contributed by atoms with van der Waals surface area (Å²) in [5, 5.41) is 5.21. The van der Waals surface area contributed by atoms with Gasteiger partial charge in [-0.1, -0.05) is 109 Å². The molecular formula is C26H19Na. The fraction of sp³-hybridized carbons (Fsp3) is 0. The number of hydrogen-bond acceptors (Lipinski definition) is 0. The maximum atomic E-state index is 2.25. The van der Waals surface area contributed by atoms with Crippen molar-refractivity contribution < 1.29 is 31.0 Å². The largest absolute Gasteiger partial charge is 1.00 e. The van der Waals surface area contributed by atoms with E-state index in [9.17, 15) is 0 Å². The normalized spacial score (nSPS) is 10.7. The van der Waals surface area contributed by atoms with Crippen LogP contribution in [0.3, 0.4) is 0 Å². The molecule has 0 heterocycles. The average molecular weight is 354 g/mol. The zero-order valence-corrected chi connectivity index (χ0v) is 17.4. The molecule has 0 aliphatic rings. The van der Waals surface area contributed by atoms with Crippen LogP contribution in [0.15, 0.2) is 109 Å². The van der Waals surface area contributed by atoms with Gasteiger partial charge in [0.2, 0.25) is 0 Å².